The third-order valence-electron chi connectivity index (χ3n) is 2.15. The van der Waals surface area contributed by atoms with Crippen LogP contribution in [0.2, 0.25) is 0 Å². The highest BCUT2D eigenvalue weighted by Gasteiger charge is 2.10. The van der Waals surface area contributed by atoms with Gasteiger partial charge in [0.25, 0.3) is 0 Å². The molecule has 0 aliphatic heterocycles. The summed E-state index contributed by atoms with van der Waals surface area (Å²) in [5, 5.41) is 13.0. The summed E-state index contributed by atoms with van der Waals surface area (Å²) in [7, 11) is 0. The minimum atomic E-state index is 0.448. The Morgan fingerprint density at radius 1 is 1.47 bits per heavy atom. The number of aromatic nitrogens is 2. The van der Waals surface area contributed by atoms with Gasteiger partial charge in [-0.3, -0.25) is 0 Å². The van der Waals surface area contributed by atoms with Crippen LogP contribution in [-0.4, -0.2) is 9.78 Å². The molecule has 0 aliphatic rings. The quantitative estimate of drug-likeness (QED) is 0.735. The van der Waals surface area contributed by atoms with Gasteiger partial charge in [-0.05, 0) is 26.8 Å². The Balaban J connectivity index is 2.59. The van der Waals surface area contributed by atoms with Crippen LogP contribution in [0.1, 0.15) is 21.1 Å². The van der Waals surface area contributed by atoms with Crippen molar-refractivity contribution in [2.75, 3.05) is 0 Å². The molecule has 0 aromatic carbocycles. The van der Waals surface area contributed by atoms with Gasteiger partial charge in [-0.1, -0.05) is 0 Å². The lowest BCUT2D eigenvalue weighted by atomic mass is 10.3. The van der Waals surface area contributed by atoms with Crippen LogP contribution >= 0.6 is 11.3 Å². The van der Waals surface area contributed by atoms with Gasteiger partial charge in [-0.2, -0.15) is 10.4 Å². The van der Waals surface area contributed by atoms with Crippen molar-refractivity contribution in [3.05, 3.63) is 33.3 Å². The monoisotopic (exact) mass is 216 g/mol. The predicted molar refractivity (Wildman–Crippen MR) is 59.2 cm³/mol. The largest absolute Gasteiger partial charge is 0.235 e. The van der Waals surface area contributed by atoms with Crippen molar-refractivity contribution in [1.82, 2.24) is 9.78 Å². The molecule has 3 nitrogen and oxygen atoms in total. The first-order valence-electron chi connectivity index (χ1n) is 4.58. The van der Waals surface area contributed by atoms with E-state index in [4.69, 9.17) is 5.26 Å². The highest BCUT2D eigenvalue weighted by atomic mass is 32.1. The van der Waals surface area contributed by atoms with E-state index in [1.807, 2.05) is 26.8 Å². The third-order valence-corrected chi connectivity index (χ3v) is 3.06. The Morgan fingerprint density at radius 3 is 2.67 bits per heavy atom. The number of aryl methyl sites for hydroxylation is 3. The SMILES string of the molecule is Cc1[c]c(-n2nc(C#N)cc2C)c(C)s1. The smallest absolute Gasteiger partial charge is 0.163 e. The van der Waals surface area contributed by atoms with Gasteiger partial charge in [0.2, 0.25) is 0 Å². The molecule has 15 heavy (non-hydrogen) atoms. The fourth-order valence-corrected chi connectivity index (χ4v) is 2.36. The first kappa shape index (κ1) is 9.94. The van der Waals surface area contributed by atoms with Crippen molar-refractivity contribution in [1.29, 1.82) is 5.26 Å². The molecule has 1 radical (unpaired) electrons. The molecular weight excluding hydrogens is 206 g/mol. The Morgan fingerprint density at radius 2 is 2.20 bits per heavy atom. The molecule has 2 rings (SSSR count). The zero-order valence-electron chi connectivity index (χ0n) is 8.83. The molecule has 0 fully saturated rings. The molecule has 0 spiro atoms. The van der Waals surface area contributed by atoms with Gasteiger partial charge < -0.3 is 0 Å². The van der Waals surface area contributed by atoms with Gasteiger partial charge in [0.05, 0.1) is 5.69 Å². The van der Waals surface area contributed by atoms with Crippen molar-refractivity contribution < 1.29 is 0 Å². The van der Waals surface area contributed by atoms with Crippen molar-refractivity contribution >= 4 is 11.3 Å². The van der Waals surface area contributed by atoms with Crippen LogP contribution in [0.15, 0.2) is 6.07 Å². The zero-order chi connectivity index (χ0) is 11.0. The summed E-state index contributed by atoms with van der Waals surface area (Å²) in [5.41, 5.74) is 2.37. The number of thiophene rings is 1. The molecular formula is C11H10N3S. The van der Waals surface area contributed by atoms with E-state index in [0.717, 1.165) is 16.3 Å². The summed E-state index contributed by atoms with van der Waals surface area (Å²) < 4.78 is 1.78. The predicted octanol–water partition coefficient (Wildman–Crippen LogP) is 2.53. The van der Waals surface area contributed by atoms with Gasteiger partial charge >= 0.3 is 0 Å². The second-order valence-corrected chi connectivity index (χ2v) is 4.81. The second kappa shape index (κ2) is 3.52. The maximum Gasteiger partial charge on any atom is 0.163 e. The second-order valence-electron chi connectivity index (χ2n) is 3.38. The normalized spacial score (nSPS) is 10.3. The first-order chi connectivity index (χ1) is 7.11. The molecule has 0 unspecified atom stereocenters. The fourth-order valence-electron chi connectivity index (χ4n) is 1.52. The van der Waals surface area contributed by atoms with Gasteiger partial charge in [0.1, 0.15) is 6.07 Å². The lowest BCUT2D eigenvalue weighted by molar-refractivity contribution is 0.838. The van der Waals surface area contributed by atoms with Gasteiger partial charge in [0.15, 0.2) is 5.69 Å². The number of rotatable bonds is 1. The Labute approximate surface area is 92.6 Å². The highest BCUT2D eigenvalue weighted by molar-refractivity contribution is 7.12. The van der Waals surface area contributed by atoms with E-state index < -0.39 is 0 Å². The van der Waals surface area contributed by atoms with E-state index in [9.17, 15) is 0 Å². The van der Waals surface area contributed by atoms with Crippen molar-refractivity contribution in [3.63, 3.8) is 0 Å². The van der Waals surface area contributed by atoms with Crippen molar-refractivity contribution in [2.45, 2.75) is 20.8 Å². The molecule has 0 N–H and O–H groups in total. The maximum atomic E-state index is 8.76. The average Bonchev–Trinajstić information content (AvgIpc) is 2.69. The van der Waals surface area contributed by atoms with Gasteiger partial charge in [0, 0.05) is 21.5 Å². The Kier molecular flexibility index (Phi) is 2.33. The summed E-state index contributed by atoms with van der Waals surface area (Å²) in [6.07, 6.45) is 0. The molecule has 2 aromatic rings. The van der Waals surface area contributed by atoms with Crippen molar-refractivity contribution in [3.8, 4) is 11.8 Å². The molecule has 0 amide bonds. The van der Waals surface area contributed by atoms with E-state index in [0.29, 0.717) is 5.69 Å². The van der Waals surface area contributed by atoms with E-state index in [2.05, 4.69) is 11.2 Å². The lowest BCUT2D eigenvalue weighted by Gasteiger charge is -2.01. The summed E-state index contributed by atoms with van der Waals surface area (Å²) in [6.45, 7) is 6.00. The molecule has 0 saturated carbocycles. The molecule has 2 aromatic heterocycles. The highest BCUT2D eigenvalue weighted by Crippen LogP contribution is 2.24. The summed E-state index contributed by atoms with van der Waals surface area (Å²) in [6, 6.07) is 7.07. The Bertz CT molecular complexity index is 543. The average molecular weight is 216 g/mol. The molecule has 0 aliphatic carbocycles. The molecule has 4 heteroatoms. The number of nitrogens with zero attached hydrogens (tertiary/aromatic N) is 3. The van der Waals surface area contributed by atoms with Gasteiger partial charge in [-0.25, -0.2) is 4.68 Å². The van der Waals surface area contributed by atoms with E-state index in [-0.39, 0.29) is 0 Å². The van der Waals surface area contributed by atoms with Crippen LogP contribution in [0.5, 0.6) is 0 Å². The van der Waals surface area contributed by atoms with E-state index in [1.54, 1.807) is 22.1 Å². The summed E-state index contributed by atoms with van der Waals surface area (Å²) in [4.78, 5) is 2.30. The van der Waals surface area contributed by atoms with Crippen LogP contribution < -0.4 is 0 Å². The van der Waals surface area contributed by atoms with Crippen LogP contribution in [-0.2, 0) is 0 Å². The molecule has 0 bridgehead atoms. The number of hydrogen-bond acceptors (Lipinski definition) is 3. The van der Waals surface area contributed by atoms with E-state index in [1.165, 1.54) is 4.88 Å². The summed E-state index contributed by atoms with van der Waals surface area (Å²) in [5.74, 6) is 0. The van der Waals surface area contributed by atoms with Gasteiger partial charge in [-0.15, -0.1) is 11.3 Å². The molecule has 75 valence electrons. The van der Waals surface area contributed by atoms with Crippen LogP contribution in [0.25, 0.3) is 5.69 Å². The number of nitriles is 1. The number of hydrogen-bond donors (Lipinski definition) is 0. The van der Waals surface area contributed by atoms with Crippen LogP contribution in [0.3, 0.4) is 0 Å². The van der Waals surface area contributed by atoms with E-state index >= 15 is 0 Å². The lowest BCUT2D eigenvalue weighted by Crippen LogP contribution is -1.98. The fraction of sp³-hybridized carbons (Fsp3) is 0.273. The standard InChI is InChI=1S/C11H10N3S/c1-7-4-10(6-12)13-14(7)11-5-8(2)15-9(11)3/h4H,1-3H3. The topological polar surface area (TPSA) is 41.6 Å². The minimum absolute atomic E-state index is 0.448. The zero-order valence-corrected chi connectivity index (χ0v) is 9.64. The minimum Gasteiger partial charge on any atom is -0.235 e. The first-order valence-corrected chi connectivity index (χ1v) is 5.40. The molecule has 0 atom stereocenters. The maximum absolute atomic E-state index is 8.76. The summed E-state index contributed by atoms with van der Waals surface area (Å²) >= 11 is 1.69. The van der Waals surface area contributed by atoms with Crippen LogP contribution in [0, 0.1) is 38.2 Å². The molecule has 2 heterocycles. The van der Waals surface area contributed by atoms with Crippen molar-refractivity contribution in [2.24, 2.45) is 0 Å². The molecule has 0 saturated heterocycles. The Hall–Kier alpha value is -1.60. The van der Waals surface area contributed by atoms with Crippen LogP contribution in [0.4, 0.5) is 0 Å². The third kappa shape index (κ3) is 1.66.